The van der Waals surface area contributed by atoms with Gasteiger partial charge in [0.05, 0.1) is 11.5 Å². The molecule has 1 amide bonds. The van der Waals surface area contributed by atoms with Gasteiger partial charge < -0.3 is 9.64 Å². The van der Waals surface area contributed by atoms with E-state index in [-0.39, 0.29) is 16.7 Å². The number of benzene rings is 1. The van der Waals surface area contributed by atoms with Crippen molar-refractivity contribution in [2.45, 2.75) is 56.9 Å². The Morgan fingerprint density at radius 3 is 2.33 bits per heavy atom. The summed E-state index contributed by atoms with van der Waals surface area (Å²) < 4.78 is 32.6. The summed E-state index contributed by atoms with van der Waals surface area (Å²) in [7, 11) is -3.53. The number of likely N-dealkylation sites (tertiary alicyclic amines) is 1. The summed E-state index contributed by atoms with van der Waals surface area (Å²) in [6, 6.07) is 6.85. The van der Waals surface area contributed by atoms with Gasteiger partial charge in [0.25, 0.3) is 0 Å². The summed E-state index contributed by atoms with van der Waals surface area (Å²) in [5.74, 6) is 0.814. The fourth-order valence-corrected chi connectivity index (χ4v) is 5.50. The lowest BCUT2D eigenvalue weighted by Crippen LogP contribution is -2.48. The predicted molar refractivity (Wildman–Crippen MR) is 104 cm³/mol. The lowest BCUT2D eigenvalue weighted by molar-refractivity contribution is -0.140. The molecule has 27 heavy (non-hydrogen) atoms. The average molecular weight is 395 g/mol. The molecule has 0 aromatic heterocycles. The molecule has 1 atom stereocenters. The van der Waals surface area contributed by atoms with Crippen molar-refractivity contribution in [3.63, 3.8) is 0 Å². The van der Waals surface area contributed by atoms with Crippen LogP contribution in [0.25, 0.3) is 0 Å². The van der Waals surface area contributed by atoms with E-state index in [9.17, 15) is 13.2 Å². The highest BCUT2D eigenvalue weighted by atomic mass is 32.2. The average Bonchev–Trinajstić information content (AvgIpc) is 2.69. The minimum absolute atomic E-state index is 0.0580. The number of sulfonamides is 1. The van der Waals surface area contributed by atoms with E-state index in [0.29, 0.717) is 44.3 Å². The number of rotatable bonds is 5. The molecule has 2 aliphatic rings. The Morgan fingerprint density at radius 1 is 1.07 bits per heavy atom. The SMILES string of the molecule is CCOc1ccc(S(=O)(=O)N2CCC(C(=O)N3CCCCC3C)CC2)cc1. The number of amides is 1. The third-order valence-corrected chi connectivity index (χ3v) is 7.57. The molecule has 2 heterocycles. The lowest BCUT2D eigenvalue weighted by Gasteiger charge is -2.38. The molecule has 2 fully saturated rings. The summed E-state index contributed by atoms with van der Waals surface area (Å²) in [5.41, 5.74) is 0. The molecule has 3 rings (SSSR count). The van der Waals surface area contributed by atoms with Gasteiger partial charge in [-0.15, -0.1) is 0 Å². The van der Waals surface area contributed by atoms with E-state index in [2.05, 4.69) is 6.92 Å². The highest BCUT2D eigenvalue weighted by molar-refractivity contribution is 7.89. The fourth-order valence-electron chi connectivity index (χ4n) is 4.03. The number of hydrogen-bond acceptors (Lipinski definition) is 4. The van der Waals surface area contributed by atoms with Gasteiger partial charge in [-0.05, 0) is 70.2 Å². The Bertz CT molecular complexity index is 740. The fraction of sp³-hybridized carbons (Fsp3) is 0.650. The minimum Gasteiger partial charge on any atom is -0.494 e. The predicted octanol–water partition coefficient (Wildman–Crippen LogP) is 2.89. The zero-order valence-corrected chi connectivity index (χ0v) is 17.1. The first-order valence-electron chi connectivity index (χ1n) is 9.97. The highest BCUT2D eigenvalue weighted by Gasteiger charge is 2.35. The second-order valence-electron chi connectivity index (χ2n) is 7.46. The highest BCUT2D eigenvalue weighted by Crippen LogP contribution is 2.28. The molecule has 0 radical (unpaired) electrons. The van der Waals surface area contributed by atoms with E-state index in [4.69, 9.17) is 4.74 Å². The van der Waals surface area contributed by atoms with Gasteiger partial charge in [0.15, 0.2) is 0 Å². The zero-order valence-electron chi connectivity index (χ0n) is 16.3. The van der Waals surface area contributed by atoms with Crippen LogP contribution in [0.1, 0.15) is 46.0 Å². The van der Waals surface area contributed by atoms with Gasteiger partial charge in [-0.25, -0.2) is 8.42 Å². The van der Waals surface area contributed by atoms with Crippen LogP contribution in [0.5, 0.6) is 5.75 Å². The van der Waals surface area contributed by atoms with E-state index in [0.717, 1.165) is 19.4 Å². The molecular formula is C20H30N2O4S. The third kappa shape index (κ3) is 4.46. The van der Waals surface area contributed by atoms with E-state index >= 15 is 0 Å². The maximum absolute atomic E-state index is 12.9. The van der Waals surface area contributed by atoms with Crippen molar-refractivity contribution in [2.24, 2.45) is 5.92 Å². The third-order valence-electron chi connectivity index (χ3n) is 5.66. The number of hydrogen-bond donors (Lipinski definition) is 0. The van der Waals surface area contributed by atoms with Gasteiger partial charge >= 0.3 is 0 Å². The standard InChI is InChI=1S/C20H30N2O4S/c1-3-26-18-7-9-19(10-8-18)27(24,25)21-14-11-17(12-15-21)20(23)22-13-5-4-6-16(22)2/h7-10,16-17H,3-6,11-15H2,1-2H3. The van der Waals surface area contributed by atoms with Gasteiger partial charge in [-0.3, -0.25) is 4.79 Å². The van der Waals surface area contributed by atoms with Crippen LogP contribution < -0.4 is 4.74 Å². The number of ether oxygens (including phenoxy) is 1. The first kappa shape index (κ1) is 20.1. The van der Waals surface area contributed by atoms with Crippen molar-refractivity contribution in [1.82, 2.24) is 9.21 Å². The molecular weight excluding hydrogens is 364 g/mol. The van der Waals surface area contributed by atoms with Crippen molar-refractivity contribution in [2.75, 3.05) is 26.2 Å². The maximum atomic E-state index is 12.9. The summed E-state index contributed by atoms with van der Waals surface area (Å²) >= 11 is 0. The van der Waals surface area contributed by atoms with Crippen LogP contribution in [0.3, 0.4) is 0 Å². The summed E-state index contributed by atoms with van der Waals surface area (Å²) in [4.78, 5) is 15.1. The molecule has 0 saturated carbocycles. The topological polar surface area (TPSA) is 66.9 Å². The van der Waals surface area contributed by atoms with E-state index in [1.165, 1.54) is 10.7 Å². The summed E-state index contributed by atoms with van der Waals surface area (Å²) in [5, 5.41) is 0. The maximum Gasteiger partial charge on any atom is 0.243 e. The molecule has 2 aliphatic heterocycles. The molecule has 2 saturated heterocycles. The Kier molecular flexibility index (Phi) is 6.42. The quantitative estimate of drug-likeness (QED) is 0.770. The first-order chi connectivity index (χ1) is 12.9. The van der Waals surface area contributed by atoms with Gasteiger partial charge in [0.2, 0.25) is 15.9 Å². The van der Waals surface area contributed by atoms with Crippen LogP contribution in [-0.2, 0) is 14.8 Å². The van der Waals surface area contributed by atoms with Crippen molar-refractivity contribution in [1.29, 1.82) is 0 Å². The second kappa shape index (κ2) is 8.61. The number of nitrogens with zero attached hydrogens (tertiary/aromatic N) is 2. The lowest BCUT2D eigenvalue weighted by atomic mass is 9.94. The molecule has 6 nitrogen and oxygen atoms in total. The van der Waals surface area contributed by atoms with E-state index in [1.807, 2.05) is 11.8 Å². The van der Waals surface area contributed by atoms with E-state index < -0.39 is 10.0 Å². The van der Waals surface area contributed by atoms with Gasteiger partial charge in [-0.1, -0.05) is 0 Å². The smallest absolute Gasteiger partial charge is 0.243 e. The summed E-state index contributed by atoms with van der Waals surface area (Å²) in [6.45, 7) is 6.18. The monoisotopic (exact) mass is 394 g/mol. The van der Waals surface area contributed by atoms with Crippen LogP contribution >= 0.6 is 0 Å². The van der Waals surface area contributed by atoms with Gasteiger partial charge in [0, 0.05) is 31.6 Å². The first-order valence-corrected chi connectivity index (χ1v) is 11.4. The molecule has 150 valence electrons. The molecule has 1 aromatic rings. The number of carbonyl (C=O) groups is 1. The van der Waals surface area contributed by atoms with Crippen molar-refractivity contribution in [3.05, 3.63) is 24.3 Å². The van der Waals surface area contributed by atoms with Crippen LogP contribution in [0.4, 0.5) is 0 Å². The molecule has 1 unspecified atom stereocenters. The van der Waals surface area contributed by atoms with Gasteiger partial charge in [0.1, 0.15) is 5.75 Å². The minimum atomic E-state index is -3.53. The Morgan fingerprint density at radius 2 is 1.74 bits per heavy atom. The molecule has 0 aliphatic carbocycles. The molecule has 7 heteroatoms. The molecule has 1 aromatic carbocycles. The van der Waals surface area contributed by atoms with Crippen molar-refractivity contribution >= 4 is 15.9 Å². The number of carbonyl (C=O) groups excluding carboxylic acids is 1. The largest absolute Gasteiger partial charge is 0.494 e. The van der Waals surface area contributed by atoms with E-state index in [1.54, 1.807) is 24.3 Å². The van der Waals surface area contributed by atoms with Crippen molar-refractivity contribution in [3.8, 4) is 5.75 Å². The van der Waals surface area contributed by atoms with Crippen LogP contribution in [-0.4, -0.2) is 55.8 Å². The summed E-state index contributed by atoms with van der Waals surface area (Å²) in [6.07, 6.45) is 4.51. The van der Waals surface area contributed by atoms with Crippen LogP contribution in [0.15, 0.2) is 29.2 Å². The Hall–Kier alpha value is -1.60. The van der Waals surface area contributed by atoms with Crippen LogP contribution in [0.2, 0.25) is 0 Å². The van der Waals surface area contributed by atoms with Crippen molar-refractivity contribution < 1.29 is 17.9 Å². The second-order valence-corrected chi connectivity index (χ2v) is 9.40. The van der Waals surface area contributed by atoms with Gasteiger partial charge in [-0.2, -0.15) is 4.31 Å². The Labute approximate surface area is 162 Å². The Balaban J connectivity index is 1.61. The molecule has 0 N–H and O–H groups in total. The number of piperidine rings is 2. The normalized spacial score (nSPS) is 22.6. The van der Waals surface area contributed by atoms with Crippen LogP contribution in [0, 0.1) is 5.92 Å². The molecule has 0 bridgehead atoms. The molecule has 0 spiro atoms. The zero-order chi connectivity index (χ0) is 19.4.